The number of rotatable bonds is 4. The molecule has 5 unspecified atom stereocenters. The largest absolute Gasteiger partial charge is 0.311 e. The fourth-order valence-corrected chi connectivity index (χ4v) is 4.90. The summed E-state index contributed by atoms with van der Waals surface area (Å²) in [7, 11) is 0. The Morgan fingerprint density at radius 3 is 2.44 bits per heavy atom. The van der Waals surface area contributed by atoms with Crippen LogP contribution in [0.25, 0.3) is 0 Å². The van der Waals surface area contributed by atoms with Gasteiger partial charge in [0, 0.05) is 12.1 Å². The summed E-state index contributed by atoms with van der Waals surface area (Å²) >= 11 is 0. The molecule has 2 bridgehead atoms. The molecule has 1 aromatic rings. The lowest BCUT2D eigenvalue weighted by molar-refractivity contribution is 0.426. The molecule has 0 saturated heterocycles. The van der Waals surface area contributed by atoms with Crippen LogP contribution in [0.2, 0.25) is 0 Å². The van der Waals surface area contributed by atoms with Crippen LogP contribution in [-0.4, -0.2) is 12.1 Å². The third-order valence-electron chi connectivity index (χ3n) is 5.60. The maximum atomic E-state index is 3.91. The Morgan fingerprint density at radius 1 is 1.11 bits per heavy atom. The molecular formula is C17H23N. The van der Waals surface area contributed by atoms with Crippen molar-refractivity contribution in [2.45, 2.75) is 44.7 Å². The van der Waals surface area contributed by atoms with Crippen LogP contribution in [0.15, 0.2) is 30.3 Å². The highest BCUT2D eigenvalue weighted by molar-refractivity contribution is 5.19. The Morgan fingerprint density at radius 2 is 1.78 bits per heavy atom. The molecule has 3 saturated carbocycles. The van der Waals surface area contributed by atoms with Crippen LogP contribution in [0.1, 0.15) is 31.7 Å². The summed E-state index contributed by atoms with van der Waals surface area (Å²) in [6.07, 6.45) is 5.78. The van der Waals surface area contributed by atoms with Crippen molar-refractivity contribution in [3.05, 3.63) is 35.9 Å². The van der Waals surface area contributed by atoms with Gasteiger partial charge in [0.05, 0.1) is 0 Å². The Kier molecular flexibility index (Phi) is 2.51. The summed E-state index contributed by atoms with van der Waals surface area (Å²) in [4.78, 5) is 0. The monoisotopic (exact) mass is 241 g/mol. The zero-order valence-corrected chi connectivity index (χ0v) is 11.2. The van der Waals surface area contributed by atoms with Gasteiger partial charge in [0.1, 0.15) is 0 Å². The fourth-order valence-electron chi connectivity index (χ4n) is 4.90. The second-order valence-corrected chi connectivity index (χ2v) is 6.77. The van der Waals surface area contributed by atoms with Crippen LogP contribution >= 0.6 is 0 Å². The van der Waals surface area contributed by atoms with E-state index in [-0.39, 0.29) is 0 Å². The molecule has 1 nitrogen and oxygen atoms in total. The molecule has 0 spiro atoms. The van der Waals surface area contributed by atoms with Crippen LogP contribution in [0.5, 0.6) is 0 Å². The van der Waals surface area contributed by atoms with Crippen LogP contribution < -0.4 is 5.32 Å². The highest BCUT2D eigenvalue weighted by Gasteiger charge is 2.64. The highest BCUT2D eigenvalue weighted by atomic mass is 15.0. The molecule has 0 heterocycles. The lowest BCUT2D eigenvalue weighted by Gasteiger charge is -2.17. The molecule has 5 atom stereocenters. The molecule has 96 valence electrons. The Labute approximate surface area is 110 Å². The van der Waals surface area contributed by atoms with Gasteiger partial charge in [0.15, 0.2) is 0 Å². The van der Waals surface area contributed by atoms with Gasteiger partial charge in [-0.2, -0.15) is 0 Å². The van der Waals surface area contributed by atoms with E-state index < -0.39 is 0 Å². The molecule has 4 rings (SSSR count). The van der Waals surface area contributed by atoms with Crippen molar-refractivity contribution in [2.24, 2.45) is 23.7 Å². The van der Waals surface area contributed by atoms with Crippen LogP contribution in [0, 0.1) is 23.7 Å². The van der Waals surface area contributed by atoms with Crippen molar-refractivity contribution in [3.63, 3.8) is 0 Å². The van der Waals surface area contributed by atoms with Crippen molar-refractivity contribution in [1.29, 1.82) is 0 Å². The molecule has 3 aliphatic carbocycles. The Hall–Kier alpha value is -0.820. The van der Waals surface area contributed by atoms with Gasteiger partial charge in [0.25, 0.3) is 0 Å². The normalized spacial score (nSPS) is 41.7. The first-order valence-corrected chi connectivity index (χ1v) is 7.63. The van der Waals surface area contributed by atoms with Crippen LogP contribution in [-0.2, 0) is 6.42 Å². The molecule has 3 aliphatic rings. The molecule has 1 N–H and O–H groups in total. The molecule has 1 aromatic carbocycles. The second-order valence-electron chi connectivity index (χ2n) is 6.77. The third kappa shape index (κ3) is 1.72. The van der Waals surface area contributed by atoms with Gasteiger partial charge >= 0.3 is 0 Å². The maximum Gasteiger partial charge on any atom is 0.0138 e. The minimum absolute atomic E-state index is 0.627. The van der Waals surface area contributed by atoms with Crippen LogP contribution in [0.4, 0.5) is 0 Å². The van der Waals surface area contributed by atoms with E-state index >= 15 is 0 Å². The van der Waals surface area contributed by atoms with Crippen molar-refractivity contribution in [1.82, 2.24) is 5.32 Å². The van der Waals surface area contributed by atoms with Gasteiger partial charge in [-0.05, 0) is 61.8 Å². The van der Waals surface area contributed by atoms with E-state index in [0.29, 0.717) is 6.04 Å². The fraction of sp³-hybridized carbons (Fsp3) is 0.647. The lowest BCUT2D eigenvalue weighted by atomic mass is 10.0. The first-order valence-electron chi connectivity index (χ1n) is 7.63. The van der Waals surface area contributed by atoms with Gasteiger partial charge in [-0.15, -0.1) is 0 Å². The molecule has 0 radical (unpaired) electrons. The SMILES string of the molecule is CC(Cc1ccccc1)NC1C2C3CCC(C3)C12. The smallest absolute Gasteiger partial charge is 0.0138 e. The van der Waals surface area contributed by atoms with Gasteiger partial charge in [-0.1, -0.05) is 30.3 Å². The van der Waals surface area contributed by atoms with Crippen molar-refractivity contribution >= 4 is 0 Å². The average Bonchev–Trinajstić information content (AvgIpc) is 2.79. The second kappa shape index (κ2) is 4.09. The van der Waals surface area contributed by atoms with E-state index in [0.717, 1.165) is 29.7 Å². The van der Waals surface area contributed by atoms with E-state index in [4.69, 9.17) is 0 Å². The molecule has 0 aromatic heterocycles. The summed E-state index contributed by atoms with van der Waals surface area (Å²) in [6, 6.07) is 12.4. The van der Waals surface area contributed by atoms with Gasteiger partial charge in [-0.3, -0.25) is 0 Å². The van der Waals surface area contributed by atoms with Crippen LogP contribution in [0.3, 0.4) is 0 Å². The van der Waals surface area contributed by atoms with Crippen molar-refractivity contribution in [2.75, 3.05) is 0 Å². The van der Waals surface area contributed by atoms with E-state index in [1.807, 2.05) is 0 Å². The van der Waals surface area contributed by atoms with Gasteiger partial charge < -0.3 is 5.32 Å². The van der Waals surface area contributed by atoms with Crippen molar-refractivity contribution < 1.29 is 0 Å². The summed E-state index contributed by atoms with van der Waals surface area (Å²) in [5.74, 6) is 4.28. The molecule has 3 fully saturated rings. The molecule has 0 aliphatic heterocycles. The number of benzene rings is 1. The minimum Gasteiger partial charge on any atom is -0.311 e. The maximum absolute atomic E-state index is 3.91. The van der Waals surface area contributed by atoms with E-state index in [9.17, 15) is 0 Å². The quantitative estimate of drug-likeness (QED) is 0.853. The number of fused-ring (bicyclic) bond motifs is 5. The van der Waals surface area contributed by atoms with Crippen molar-refractivity contribution in [3.8, 4) is 0 Å². The van der Waals surface area contributed by atoms with E-state index in [1.165, 1.54) is 24.8 Å². The number of hydrogen-bond donors (Lipinski definition) is 1. The van der Waals surface area contributed by atoms with E-state index in [2.05, 4.69) is 42.6 Å². The molecule has 18 heavy (non-hydrogen) atoms. The predicted molar refractivity (Wildman–Crippen MR) is 74.3 cm³/mol. The lowest BCUT2D eigenvalue weighted by Crippen LogP contribution is -2.33. The molecular weight excluding hydrogens is 218 g/mol. The number of nitrogens with one attached hydrogen (secondary N) is 1. The zero-order valence-electron chi connectivity index (χ0n) is 11.2. The summed E-state index contributed by atoms with van der Waals surface area (Å²) in [6.45, 7) is 2.35. The van der Waals surface area contributed by atoms with Gasteiger partial charge in [0.2, 0.25) is 0 Å². The third-order valence-corrected chi connectivity index (χ3v) is 5.60. The minimum atomic E-state index is 0.627. The summed E-state index contributed by atoms with van der Waals surface area (Å²) < 4.78 is 0. The Balaban J connectivity index is 1.34. The Bertz CT molecular complexity index is 410. The summed E-state index contributed by atoms with van der Waals surface area (Å²) in [5, 5.41) is 3.91. The standard InChI is InChI=1S/C17H23N/c1-11(9-12-5-3-2-4-6-12)18-17-15-13-7-8-14(10-13)16(15)17/h2-6,11,13-18H,7-10H2,1H3. The first kappa shape index (κ1) is 11.0. The predicted octanol–water partition coefficient (Wildman–Crippen LogP) is 3.25. The number of hydrogen-bond acceptors (Lipinski definition) is 1. The topological polar surface area (TPSA) is 12.0 Å². The zero-order chi connectivity index (χ0) is 12.1. The summed E-state index contributed by atoms with van der Waals surface area (Å²) in [5.41, 5.74) is 1.46. The van der Waals surface area contributed by atoms with E-state index in [1.54, 1.807) is 6.42 Å². The highest BCUT2D eigenvalue weighted by Crippen LogP contribution is 2.65. The first-order chi connectivity index (χ1) is 8.83. The molecule has 1 heteroatoms. The van der Waals surface area contributed by atoms with Gasteiger partial charge in [-0.25, -0.2) is 0 Å². The molecule has 0 amide bonds. The average molecular weight is 241 g/mol.